The first-order valence-electron chi connectivity index (χ1n) is 11.7. The molecule has 5 rings (SSSR count). The molecule has 0 aromatic carbocycles. The van der Waals surface area contributed by atoms with Crippen LogP contribution in [-0.2, 0) is 14.3 Å². The molecule has 0 spiro atoms. The molecule has 0 aliphatic carbocycles. The molecule has 0 amide bonds. The number of hydrogen-bond acceptors (Lipinski definition) is 12. The van der Waals surface area contributed by atoms with Crippen molar-refractivity contribution in [2.75, 3.05) is 13.2 Å². The third kappa shape index (κ3) is 7.50. The number of carbonyl (C=O) groups excluding carboxylic acids is 1. The third-order valence-electron chi connectivity index (χ3n) is 5.45. The van der Waals surface area contributed by atoms with E-state index in [0.29, 0.717) is 18.0 Å². The van der Waals surface area contributed by atoms with Crippen molar-refractivity contribution in [2.24, 2.45) is 11.5 Å². The van der Waals surface area contributed by atoms with Crippen LogP contribution in [0.1, 0.15) is 0 Å². The Morgan fingerprint density at radius 3 is 1.68 bits per heavy atom. The summed E-state index contributed by atoms with van der Waals surface area (Å²) in [6, 6.07) is 15.1. The van der Waals surface area contributed by atoms with Crippen molar-refractivity contribution in [1.82, 2.24) is 0 Å². The van der Waals surface area contributed by atoms with E-state index in [0.717, 1.165) is 39.0 Å². The molecule has 0 saturated carbocycles. The van der Waals surface area contributed by atoms with E-state index >= 15 is 0 Å². The van der Waals surface area contributed by atoms with Gasteiger partial charge in [-0.25, -0.2) is 0 Å². The Bertz CT molecular complexity index is 1670. The van der Waals surface area contributed by atoms with Crippen LogP contribution < -0.4 is 20.9 Å². The number of hydrogen-bond donors (Lipinski definition) is 3. The highest BCUT2D eigenvalue weighted by molar-refractivity contribution is 14.1. The molecular formula is C26H20I2N2O6S5. The molecule has 0 unspecified atom stereocenters. The molecule has 0 fully saturated rings. The van der Waals surface area contributed by atoms with Crippen molar-refractivity contribution in [2.45, 2.75) is 12.3 Å². The van der Waals surface area contributed by atoms with Gasteiger partial charge in [0.15, 0.2) is 6.23 Å². The summed E-state index contributed by atoms with van der Waals surface area (Å²) in [4.78, 5) is 30.1. The highest BCUT2D eigenvalue weighted by atomic mass is 127. The predicted molar refractivity (Wildman–Crippen MR) is 185 cm³/mol. The maximum atomic E-state index is 11.3. The van der Waals surface area contributed by atoms with Crippen LogP contribution >= 0.6 is 102 Å². The Morgan fingerprint density at radius 1 is 0.756 bits per heavy atom. The Balaban J connectivity index is 1.50. The molecule has 0 bridgehead atoms. The number of nitrogens with two attached hydrogens (primary N) is 2. The summed E-state index contributed by atoms with van der Waals surface area (Å²) in [5.41, 5.74) is 11.6. The second-order valence-corrected chi connectivity index (χ2v) is 17.5. The summed E-state index contributed by atoms with van der Waals surface area (Å²) in [6.45, 7) is 0.175. The van der Waals surface area contributed by atoms with Crippen LogP contribution in [0.5, 0.6) is 11.5 Å². The summed E-state index contributed by atoms with van der Waals surface area (Å²) in [7, 11) is 0. The van der Waals surface area contributed by atoms with Crippen LogP contribution in [0.4, 0.5) is 0 Å². The van der Waals surface area contributed by atoms with Gasteiger partial charge in [-0.2, -0.15) is 0 Å². The quantitative estimate of drug-likeness (QED) is 0.0630. The van der Waals surface area contributed by atoms with Gasteiger partial charge in [-0.1, -0.05) is 0 Å². The number of ether oxygens (including phenoxy) is 3. The van der Waals surface area contributed by atoms with E-state index in [2.05, 4.69) is 69.4 Å². The number of carbonyl (C=O) groups is 2. The zero-order valence-corrected chi connectivity index (χ0v) is 29.1. The molecule has 8 nitrogen and oxygen atoms in total. The summed E-state index contributed by atoms with van der Waals surface area (Å²) < 4.78 is 19.1. The third-order valence-corrected chi connectivity index (χ3v) is 13.3. The highest BCUT2D eigenvalue weighted by Crippen LogP contribution is 2.51. The highest BCUT2D eigenvalue weighted by Gasteiger charge is 2.22. The largest absolute Gasteiger partial charge is 0.490 e. The maximum Gasteiger partial charge on any atom is 0.324 e. The maximum absolute atomic E-state index is 11.3. The monoisotopic (exact) mass is 870 g/mol. The van der Waals surface area contributed by atoms with Crippen LogP contribution in [-0.4, -0.2) is 43.0 Å². The lowest BCUT2D eigenvalue weighted by molar-refractivity contribution is -0.139. The smallest absolute Gasteiger partial charge is 0.324 e. The van der Waals surface area contributed by atoms with Crippen molar-refractivity contribution in [3.05, 3.63) is 54.3 Å². The molecule has 0 saturated heterocycles. The van der Waals surface area contributed by atoms with Gasteiger partial charge in [-0.05, 0) is 81.6 Å². The van der Waals surface area contributed by atoms with E-state index in [1.165, 1.54) is 5.77 Å². The van der Waals surface area contributed by atoms with Crippen molar-refractivity contribution in [3.8, 4) is 50.5 Å². The zero-order chi connectivity index (χ0) is 29.1. The summed E-state index contributed by atoms with van der Waals surface area (Å²) in [5, 5.41) is 9.24. The zero-order valence-electron chi connectivity index (χ0n) is 20.7. The van der Waals surface area contributed by atoms with Crippen LogP contribution in [0, 0.1) is 5.77 Å². The van der Waals surface area contributed by atoms with E-state index in [1.54, 1.807) is 56.7 Å². The lowest BCUT2D eigenvalue weighted by Crippen LogP contribution is -2.36. The van der Waals surface area contributed by atoms with Gasteiger partial charge in [0.1, 0.15) is 30.8 Å². The van der Waals surface area contributed by atoms with Crippen LogP contribution in [0.25, 0.3) is 39.0 Å². The molecule has 41 heavy (non-hydrogen) atoms. The Hall–Kier alpha value is -1.58. The number of aliphatic carboxylic acids is 1. The molecule has 214 valence electrons. The minimum atomic E-state index is -1.13. The fourth-order valence-electron chi connectivity index (χ4n) is 3.56. The number of carboxylic acids is 1. The SMILES string of the molecule is N[C@H](COc1cc(-c2ccc(I)s2)sc1-c1ccc(-c2sc(-c3ccc(I)s3)cc2OC[C@H](N)C(=O)O)s1)OC=O. The van der Waals surface area contributed by atoms with Crippen molar-refractivity contribution < 1.29 is 28.9 Å². The molecule has 2 atom stereocenters. The first-order valence-corrected chi connectivity index (χ1v) is 17.9. The van der Waals surface area contributed by atoms with Gasteiger partial charge in [0.2, 0.25) is 0 Å². The van der Waals surface area contributed by atoms with Gasteiger partial charge in [-0.15, -0.1) is 56.7 Å². The summed E-state index contributed by atoms with van der Waals surface area (Å²) >= 11 is 12.7. The van der Waals surface area contributed by atoms with Gasteiger partial charge in [0.25, 0.3) is 6.47 Å². The van der Waals surface area contributed by atoms with E-state index in [1.807, 2.05) is 24.3 Å². The second kappa shape index (κ2) is 13.8. The van der Waals surface area contributed by atoms with Crippen molar-refractivity contribution >= 4 is 114 Å². The molecule has 0 aliphatic heterocycles. The molecule has 5 aromatic rings. The minimum absolute atomic E-state index is 0.0117. The molecule has 0 aliphatic rings. The van der Waals surface area contributed by atoms with Crippen LogP contribution in [0.2, 0.25) is 0 Å². The first kappa shape index (κ1) is 30.9. The number of halogens is 2. The summed E-state index contributed by atoms with van der Waals surface area (Å²) in [5.74, 6) is 0.121. The van der Waals surface area contributed by atoms with E-state index in [-0.39, 0.29) is 13.2 Å². The lowest BCUT2D eigenvalue weighted by atomic mass is 10.3. The standard InChI is InChI=1S/C26H20I2N2O6S5/c27-21-5-3-15(38-21)19-7-13(34-9-12(29)26(32)33)24(40-19)17-1-2-18(37-17)25-14(35-10-23(30)36-11-31)8-20(41-25)16-4-6-22(28)39-16/h1-8,11-12,23H,9-10,29-30H2,(H,32,33)/t12-,23-/m0/s1. The van der Waals surface area contributed by atoms with E-state index in [4.69, 9.17) is 25.7 Å². The molecule has 5 aromatic heterocycles. The van der Waals surface area contributed by atoms with Gasteiger partial charge in [0, 0.05) is 41.4 Å². The van der Waals surface area contributed by atoms with Crippen LogP contribution in [0.3, 0.4) is 0 Å². The normalized spacial score (nSPS) is 12.7. The van der Waals surface area contributed by atoms with Gasteiger partial charge in [0.05, 0.1) is 15.5 Å². The molecule has 15 heteroatoms. The predicted octanol–water partition coefficient (Wildman–Crippen LogP) is 7.50. The van der Waals surface area contributed by atoms with Crippen molar-refractivity contribution in [1.29, 1.82) is 0 Å². The molecular weight excluding hydrogens is 850 g/mol. The number of carboxylic acid groups (broad SMARTS) is 1. The average molecular weight is 871 g/mol. The van der Waals surface area contributed by atoms with E-state index < -0.39 is 18.2 Å². The average Bonchev–Trinajstić information content (AvgIpc) is 3.76. The molecule has 5 heterocycles. The fourth-order valence-corrected chi connectivity index (χ4v) is 10.4. The number of thiophene rings is 5. The fraction of sp³-hybridized carbons (Fsp3) is 0.154. The first-order chi connectivity index (χ1) is 19.7. The van der Waals surface area contributed by atoms with Crippen LogP contribution in [0.15, 0.2) is 48.5 Å². The molecule has 0 radical (unpaired) electrons. The van der Waals surface area contributed by atoms with Gasteiger partial charge < -0.3 is 25.1 Å². The minimum Gasteiger partial charge on any atom is -0.490 e. The Kier molecular flexibility index (Phi) is 10.4. The lowest BCUT2D eigenvalue weighted by Gasteiger charge is -2.11. The topological polar surface area (TPSA) is 134 Å². The number of rotatable bonds is 13. The second-order valence-electron chi connectivity index (χ2n) is 8.32. The summed E-state index contributed by atoms with van der Waals surface area (Å²) in [6.07, 6.45) is -0.882. The van der Waals surface area contributed by atoms with Gasteiger partial charge in [-0.3, -0.25) is 15.3 Å². The van der Waals surface area contributed by atoms with E-state index in [9.17, 15) is 14.7 Å². The Morgan fingerprint density at radius 2 is 1.24 bits per heavy atom. The van der Waals surface area contributed by atoms with Crippen molar-refractivity contribution in [3.63, 3.8) is 0 Å². The van der Waals surface area contributed by atoms with Gasteiger partial charge >= 0.3 is 5.97 Å². The molecule has 5 N–H and O–H groups in total. The Labute approximate surface area is 282 Å².